The van der Waals surface area contributed by atoms with Crippen LogP contribution in [0.15, 0.2) is 42.5 Å². The van der Waals surface area contributed by atoms with Gasteiger partial charge in [-0.15, -0.1) is 0 Å². The molecule has 0 heterocycles. The summed E-state index contributed by atoms with van der Waals surface area (Å²) in [5.41, 5.74) is 2.07. The maximum absolute atomic E-state index is 5.85. The molecule has 0 atom stereocenters. The van der Waals surface area contributed by atoms with Crippen molar-refractivity contribution in [1.82, 2.24) is 0 Å². The lowest BCUT2D eigenvalue weighted by atomic mass is 10.1. The standard InChI is InChI=1S/C18H23NO3/c1-4-11-22-18-14(7-5-10-17(18)21-3)13-19-15-8-6-9-16(12-15)20-2/h5-10,12,19H,4,11,13H2,1-3H3. The first-order valence-electron chi connectivity index (χ1n) is 7.45. The van der Waals surface area contributed by atoms with Gasteiger partial charge in [0.1, 0.15) is 5.75 Å². The summed E-state index contributed by atoms with van der Waals surface area (Å²) in [4.78, 5) is 0. The van der Waals surface area contributed by atoms with Crippen molar-refractivity contribution in [2.75, 3.05) is 26.1 Å². The van der Waals surface area contributed by atoms with Crippen LogP contribution in [0.1, 0.15) is 18.9 Å². The third-order valence-corrected chi connectivity index (χ3v) is 3.28. The van der Waals surface area contributed by atoms with E-state index < -0.39 is 0 Å². The first-order chi connectivity index (χ1) is 10.8. The number of ether oxygens (including phenoxy) is 3. The van der Waals surface area contributed by atoms with Crippen LogP contribution in [-0.2, 0) is 6.54 Å². The molecule has 0 bridgehead atoms. The number of nitrogens with one attached hydrogen (secondary N) is 1. The number of rotatable bonds is 8. The fraction of sp³-hybridized carbons (Fsp3) is 0.333. The fourth-order valence-corrected chi connectivity index (χ4v) is 2.16. The van der Waals surface area contributed by atoms with Crippen molar-refractivity contribution in [2.45, 2.75) is 19.9 Å². The number of hydrogen-bond donors (Lipinski definition) is 1. The molecule has 2 aromatic carbocycles. The Morgan fingerprint density at radius 1 is 1.00 bits per heavy atom. The van der Waals surface area contributed by atoms with Crippen LogP contribution in [0.3, 0.4) is 0 Å². The van der Waals surface area contributed by atoms with Gasteiger partial charge in [-0.1, -0.05) is 25.1 Å². The maximum atomic E-state index is 5.85. The molecule has 0 radical (unpaired) electrons. The average Bonchev–Trinajstić information content (AvgIpc) is 2.58. The molecule has 0 aliphatic rings. The quantitative estimate of drug-likeness (QED) is 0.796. The van der Waals surface area contributed by atoms with Crippen molar-refractivity contribution in [3.05, 3.63) is 48.0 Å². The summed E-state index contributed by atoms with van der Waals surface area (Å²) in [7, 11) is 3.32. The molecule has 0 unspecified atom stereocenters. The molecule has 4 nitrogen and oxygen atoms in total. The van der Waals surface area contributed by atoms with Crippen LogP contribution in [0.25, 0.3) is 0 Å². The summed E-state index contributed by atoms with van der Waals surface area (Å²) >= 11 is 0. The summed E-state index contributed by atoms with van der Waals surface area (Å²) in [6.07, 6.45) is 0.959. The minimum absolute atomic E-state index is 0.656. The van der Waals surface area contributed by atoms with Crippen LogP contribution in [0.4, 0.5) is 5.69 Å². The van der Waals surface area contributed by atoms with Gasteiger partial charge in [-0.3, -0.25) is 0 Å². The second kappa shape index (κ2) is 8.17. The van der Waals surface area contributed by atoms with Crippen LogP contribution < -0.4 is 19.5 Å². The predicted octanol–water partition coefficient (Wildman–Crippen LogP) is 4.10. The SMILES string of the molecule is CCCOc1c(CNc2cccc(OC)c2)cccc1OC. The lowest BCUT2D eigenvalue weighted by molar-refractivity contribution is 0.291. The number of hydrogen-bond acceptors (Lipinski definition) is 4. The largest absolute Gasteiger partial charge is 0.497 e. The zero-order valence-corrected chi connectivity index (χ0v) is 13.4. The second-order valence-corrected chi connectivity index (χ2v) is 4.88. The molecule has 0 saturated carbocycles. The molecule has 0 fully saturated rings. The van der Waals surface area contributed by atoms with Crippen LogP contribution in [0.2, 0.25) is 0 Å². The van der Waals surface area contributed by atoms with Crippen molar-refractivity contribution in [2.24, 2.45) is 0 Å². The Morgan fingerprint density at radius 3 is 2.55 bits per heavy atom. The van der Waals surface area contributed by atoms with Gasteiger partial charge in [0.15, 0.2) is 11.5 Å². The van der Waals surface area contributed by atoms with E-state index in [2.05, 4.69) is 12.2 Å². The molecule has 0 amide bonds. The predicted molar refractivity (Wildman–Crippen MR) is 89.1 cm³/mol. The van der Waals surface area contributed by atoms with E-state index in [1.54, 1.807) is 14.2 Å². The summed E-state index contributed by atoms with van der Waals surface area (Å²) < 4.78 is 16.5. The molecule has 118 valence electrons. The zero-order chi connectivity index (χ0) is 15.8. The molecule has 2 aromatic rings. The van der Waals surface area contributed by atoms with E-state index in [0.717, 1.165) is 34.9 Å². The van der Waals surface area contributed by atoms with Gasteiger partial charge >= 0.3 is 0 Å². The molecule has 0 aliphatic heterocycles. The van der Waals surface area contributed by atoms with E-state index in [4.69, 9.17) is 14.2 Å². The number of benzene rings is 2. The fourth-order valence-electron chi connectivity index (χ4n) is 2.16. The van der Waals surface area contributed by atoms with E-state index in [1.807, 2.05) is 42.5 Å². The molecule has 4 heteroatoms. The molecule has 0 saturated heterocycles. The van der Waals surface area contributed by atoms with Gasteiger partial charge in [-0.2, -0.15) is 0 Å². The number of methoxy groups -OCH3 is 2. The van der Waals surface area contributed by atoms with E-state index in [9.17, 15) is 0 Å². The topological polar surface area (TPSA) is 39.7 Å². The van der Waals surface area contributed by atoms with Gasteiger partial charge in [-0.25, -0.2) is 0 Å². The van der Waals surface area contributed by atoms with Crippen LogP contribution in [-0.4, -0.2) is 20.8 Å². The smallest absolute Gasteiger partial charge is 0.166 e. The normalized spacial score (nSPS) is 10.1. The maximum Gasteiger partial charge on any atom is 0.166 e. The molecule has 0 aromatic heterocycles. The molecule has 22 heavy (non-hydrogen) atoms. The van der Waals surface area contributed by atoms with Gasteiger partial charge in [0.2, 0.25) is 0 Å². The highest BCUT2D eigenvalue weighted by atomic mass is 16.5. The van der Waals surface area contributed by atoms with E-state index >= 15 is 0 Å². The number of anilines is 1. The first-order valence-corrected chi connectivity index (χ1v) is 7.45. The lowest BCUT2D eigenvalue weighted by Crippen LogP contribution is -2.05. The van der Waals surface area contributed by atoms with Crippen molar-refractivity contribution in [3.8, 4) is 17.2 Å². The minimum Gasteiger partial charge on any atom is -0.497 e. The van der Waals surface area contributed by atoms with Crippen LogP contribution in [0, 0.1) is 0 Å². The van der Waals surface area contributed by atoms with Gasteiger partial charge in [0.25, 0.3) is 0 Å². The van der Waals surface area contributed by atoms with E-state index in [-0.39, 0.29) is 0 Å². The van der Waals surface area contributed by atoms with Crippen molar-refractivity contribution in [3.63, 3.8) is 0 Å². The summed E-state index contributed by atoms with van der Waals surface area (Å²) in [5.74, 6) is 2.40. The van der Waals surface area contributed by atoms with Gasteiger partial charge < -0.3 is 19.5 Å². The first kappa shape index (κ1) is 16.0. The van der Waals surface area contributed by atoms with Crippen molar-refractivity contribution < 1.29 is 14.2 Å². The molecule has 1 N–H and O–H groups in total. The zero-order valence-electron chi connectivity index (χ0n) is 13.4. The van der Waals surface area contributed by atoms with E-state index in [0.29, 0.717) is 13.2 Å². The Labute approximate surface area is 132 Å². The molecule has 0 aliphatic carbocycles. The third kappa shape index (κ3) is 4.07. The monoisotopic (exact) mass is 301 g/mol. The number of para-hydroxylation sites is 1. The van der Waals surface area contributed by atoms with Crippen LogP contribution in [0.5, 0.6) is 17.2 Å². The second-order valence-electron chi connectivity index (χ2n) is 4.88. The van der Waals surface area contributed by atoms with Gasteiger partial charge in [-0.05, 0) is 24.6 Å². The summed E-state index contributed by atoms with van der Waals surface area (Å²) in [5, 5.41) is 3.39. The van der Waals surface area contributed by atoms with Gasteiger partial charge in [0, 0.05) is 23.9 Å². The average molecular weight is 301 g/mol. The highest BCUT2D eigenvalue weighted by Crippen LogP contribution is 2.32. The third-order valence-electron chi connectivity index (χ3n) is 3.28. The molecule has 0 spiro atoms. The Bertz CT molecular complexity index is 599. The highest BCUT2D eigenvalue weighted by Gasteiger charge is 2.10. The van der Waals surface area contributed by atoms with E-state index in [1.165, 1.54) is 0 Å². The Kier molecular flexibility index (Phi) is 5.95. The minimum atomic E-state index is 0.656. The molecule has 2 rings (SSSR count). The van der Waals surface area contributed by atoms with Gasteiger partial charge in [0.05, 0.1) is 20.8 Å². The Balaban J connectivity index is 2.14. The molecular formula is C18H23NO3. The highest BCUT2D eigenvalue weighted by molar-refractivity contribution is 5.51. The van der Waals surface area contributed by atoms with Crippen molar-refractivity contribution in [1.29, 1.82) is 0 Å². The summed E-state index contributed by atoms with van der Waals surface area (Å²) in [6.45, 7) is 3.42. The Morgan fingerprint density at radius 2 is 1.82 bits per heavy atom. The summed E-state index contributed by atoms with van der Waals surface area (Å²) in [6, 6.07) is 13.8. The molecular weight excluding hydrogens is 278 g/mol. The van der Waals surface area contributed by atoms with Crippen molar-refractivity contribution >= 4 is 5.69 Å². The lowest BCUT2D eigenvalue weighted by Gasteiger charge is -2.15. The van der Waals surface area contributed by atoms with Crippen LogP contribution >= 0.6 is 0 Å². The Hall–Kier alpha value is -2.36.